The van der Waals surface area contributed by atoms with Gasteiger partial charge in [-0.25, -0.2) is 0 Å². The molecule has 0 N–H and O–H groups in total. The smallest absolute Gasteiger partial charge is 0.303 e. The lowest BCUT2D eigenvalue weighted by molar-refractivity contribution is -0.137. The molecule has 1 aliphatic rings. The molecule has 0 spiro atoms. The lowest BCUT2D eigenvalue weighted by Gasteiger charge is -2.10. The number of hydrogen-bond acceptors (Lipinski definition) is 3. The van der Waals surface area contributed by atoms with Gasteiger partial charge in [0.15, 0.2) is 5.78 Å². The molecule has 23 heavy (non-hydrogen) atoms. The number of alkyl halides is 3. The zero-order valence-electron chi connectivity index (χ0n) is 12.9. The minimum absolute atomic E-state index is 0.0200. The molecule has 0 heterocycles. The summed E-state index contributed by atoms with van der Waals surface area (Å²) in [5, 5.41) is 5.58. The molecule has 0 atom stereocenters. The Labute approximate surface area is 132 Å². The number of allylic oxidation sites excluding steroid dienone is 3. The fourth-order valence-electron chi connectivity index (χ4n) is 2.32. The summed E-state index contributed by atoms with van der Waals surface area (Å²) in [6.07, 6.45) is 0.977. The van der Waals surface area contributed by atoms with Crippen LogP contribution in [-0.4, -0.2) is 31.1 Å². The number of ketones is 1. The third-order valence-electron chi connectivity index (χ3n) is 3.42. The Morgan fingerprint density at radius 1 is 1.13 bits per heavy atom. The number of Topliss-reactive ketones (excluding diaryl/α,β-unsaturated/α-hetero) is 1. The third kappa shape index (κ3) is 4.31. The first-order valence-electron chi connectivity index (χ1n) is 7.11. The maximum atomic E-state index is 13.0. The first-order chi connectivity index (χ1) is 10.8. The van der Waals surface area contributed by atoms with E-state index in [4.69, 9.17) is 0 Å². The van der Waals surface area contributed by atoms with Crippen LogP contribution in [0.3, 0.4) is 0 Å². The van der Waals surface area contributed by atoms with Gasteiger partial charge in [-0.15, -0.1) is 0 Å². The Bertz CT molecular complexity index is 685. The van der Waals surface area contributed by atoms with Gasteiger partial charge in [-0.2, -0.15) is 18.3 Å². The zero-order chi connectivity index (χ0) is 17.0. The summed E-state index contributed by atoms with van der Waals surface area (Å²) in [5.74, 6) is -0.216. The van der Waals surface area contributed by atoms with E-state index in [0.29, 0.717) is 24.0 Å². The van der Waals surface area contributed by atoms with Crippen LogP contribution >= 0.6 is 0 Å². The molecule has 6 heteroatoms. The van der Waals surface area contributed by atoms with Gasteiger partial charge in [0.1, 0.15) is 0 Å². The Morgan fingerprint density at radius 3 is 2.43 bits per heavy atom. The maximum absolute atomic E-state index is 13.0. The highest BCUT2D eigenvalue weighted by molar-refractivity contribution is 6.14. The molecule has 1 saturated carbocycles. The molecular weight excluding hydrogens is 305 g/mol. The SMILES string of the molecule is CN(C)/N=C/C=C1\CC/C(=C\c2ccccc2C(F)(F)F)C1=O. The molecule has 0 radical (unpaired) electrons. The molecular formula is C17H17F3N2O. The van der Waals surface area contributed by atoms with Crippen molar-refractivity contribution in [3.8, 4) is 0 Å². The number of halogens is 3. The second-order valence-corrected chi connectivity index (χ2v) is 5.39. The minimum Gasteiger partial charge on any atom is -0.303 e. The van der Waals surface area contributed by atoms with Crippen molar-refractivity contribution in [3.05, 3.63) is 52.6 Å². The number of rotatable bonds is 3. The average molecular weight is 322 g/mol. The summed E-state index contributed by atoms with van der Waals surface area (Å²) < 4.78 is 39.0. The molecule has 0 aromatic heterocycles. The van der Waals surface area contributed by atoms with Gasteiger partial charge in [-0.3, -0.25) is 4.79 Å². The quantitative estimate of drug-likeness (QED) is 0.480. The van der Waals surface area contributed by atoms with Crippen LogP contribution in [0.4, 0.5) is 13.2 Å². The van der Waals surface area contributed by atoms with Crippen LogP contribution in [0.5, 0.6) is 0 Å². The van der Waals surface area contributed by atoms with E-state index < -0.39 is 11.7 Å². The van der Waals surface area contributed by atoms with Crippen LogP contribution in [0.1, 0.15) is 24.0 Å². The number of hydrazone groups is 1. The van der Waals surface area contributed by atoms with E-state index in [1.807, 2.05) is 0 Å². The largest absolute Gasteiger partial charge is 0.416 e. The number of benzene rings is 1. The highest BCUT2D eigenvalue weighted by atomic mass is 19.4. The van der Waals surface area contributed by atoms with E-state index in [-0.39, 0.29) is 11.3 Å². The van der Waals surface area contributed by atoms with Crippen LogP contribution in [-0.2, 0) is 11.0 Å². The zero-order valence-corrected chi connectivity index (χ0v) is 12.9. The average Bonchev–Trinajstić information content (AvgIpc) is 2.79. The van der Waals surface area contributed by atoms with Gasteiger partial charge in [0.25, 0.3) is 0 Å². The molecule has 2 rings (SSSR count). The molecule has 0 bridgehead atoms. The summed E-state index contributed by atoms with van der Waals surface area (Å²) in [6.45, 7) is 0. The molecule has 0 aliphatic heterocycles. The molecule has 1 aromatic rings. The fourth-order valence-corrected chi connectivity index (χ4v) is 2.32. The van der Waals surface area contributed by atoms with E-state index in [2.05, 4.69) is 5.10 Å². The fraction of sp³-hybridized carbons (Fsp3) is 0.294. The van der Waals surface area contributed by atoms with Crippen molar-refractivity contribution in [2.45, 2.75) is 19.0 Å². The second-order valence-electron chi connectivity index (χ2n) is 5.39. The second kappa shape index (κ2) is 6.81. The first kappa shape index (κ1) is 17.0. The number of hydrogen-bond donors (Lipinski definition) is 0. The molecule has 1 fully saturated rings. The Balaban J connectivity index is 2.28. The van der Waals surface area contributed by atoms with Crippen molar-refractivity contribution in [1.82, 2.24) is 5.01 Å². The van der Waals surface area contributed by atoms with Crippen LogP contribution in [0.2, 0.25) is 0 Å². The molecule has 1 aromatic carbocycles. The van der Waals surface area contributed by atoms with E-state index >= 15 is 0 Å². The first-order valence-corrected chi connectivity index (χ1v) is 7.11. The lowest BCUT2D eigenvalue weighted by atomic mass is 10.0. The number of carbonyl (C=O) groups is 1. The van der Waals surface area contributed by atoms with E-state index in [0.717, 1.165) is 6.07 Å². The predicted molar refractivity (Wildman–Crippen MR) is 83.9 cm³/mol. The molecule has 3 nitrogen and oxygen atoms in total. The van der Waals surface area contributed by atoms with Gasteiger partial charge in [-0.1, -0.05) is 18.2 Å². The topological polar surface area (TPSA) is 32.7 Å². The van der Waals surface area contributed by atoms with Crippen molar-refractivity contribution in [1.29, 1.82) is 0 Å². The van der Waals surface area contributed by atoms with Crippen molar-refractivity contribution in [3.63, 3.8) is 0 Å². The van der Waals surface area contributed by atoms with Crippen LogP contribution in [0, 0.1) is 0 Å². The monoisotopic (exact) mass is 322 g/mol. The van der Waals surface area contributed by atoms with Crippen molar-refractivity contribution in [2.75, 3.05) is 14.1 Å². The number of nitrogens with zero attached hydrogens (tertiary/aromatic N) is 2. The summed E-state index contributed by atoms with van der Waals surface area (Å²) in [7, 11) is 3.51. The molecule has 0 amide bonds. The third-order valence-corrected chi connectivity index (χ3v) is 3.42. The highest BCUT2D eigenvalue weighted by Crippen LogP contribution is 2.34. The van der Waals surface area contributed by atoms with Crippen LogP contribution in [0.15, 0.2) is 46.6 Å². The lowest BCUT2D eigenvalue weighted by Crippen LogP contribution is -2.07. The van der Waals surface area contributed by atoms with Crippen molar-refractivity contribution < 1.29 is 18.0 Å². The van der Waals surface area contributed by atoms with Crippen molar-refractivity contribution in [2.24, 2.45) is 5.10 Å². The summed E-state index contributed by atoms with van der Waals surface area (Å²) >= 11 is 0. The Kier molecular flexibility index (Phi) is 5.03. The van der Waals surface area contributed by atoms with Crippen LogP contribution < -0.4 is 0 Å². The molecule has 122 valence electrons. The number of carbonyl (C=O) groups excluding carboxylic acids is 1. The molecule has 1 aliphatic carbocycles. The van der Waals surface area contributed by atoms with Crippen molar-refractivity contribution >= 4 is 18.1 Å². The van der Waals surface area contributed by atoms with E-state index in [9.17, 15) is 18.0 Å². The van der Waals surface area contributed by atoms with Gasteiger partial charge in [0, 0.05) is 31.5 Å². The predicted octanol–water partition coefficient (Wildman–Crippen LogP) is 3.93. The van der Waals surface area contributed by atoms with E-state index in [1.54, 1.807) is 25.2 Å². The summed E-state index contributed by atoms with van der Waals surface area (Å²) in [6, 6.07) is 5.26. The van der Waals surface area contributed by atoms with Gasteiger partial charge < -0.3 is 5.01 Å². The van der Waals surface area contributed by atoms with Crippen LogP contribution in [0.25, 0.3) is 6.08 Å². The molecule has 0 unspecified atom stereocenters. The maximum Gasteiger partial charge on any atom is 0.416 e. The Hall–Kier alpha value is -2.37. The van der Waals surface area contributed by atoms with Gasteiger partial charge in [0.2, 0.25) is 0 Å². The normalized spacial score (nSPS) is 19.3. The molecule has 0 saturated heterocycles. The highest BCUT2D eigenvalue weighted by Gasteiger charge is 2.33. The van der Waals surface area contributed by atoms with Gasteiger partial charge in [0.05, 0.1) is 5.56 Å². The Morgan fingerprint density at radius 2 is 1.78 bits per heavy atom. The standard InChI is InChI=1S/C17H17F3N2O/c1-22(2)21-10-9-12-7-8-14(16(12)23)11-13-5-3-4-6-15(13)17(18,19)20/h3-6,9-11H,7-8H2,1-2H3/b12-9+,14-11+,21-10+. The van der Waals surface area contributed by atoms with E-state index in [1.165, 1.54) is 30.5 Å². The summed E-state index contributed by atoms with van der Waals surface area (Å²) in [5.41, 5.74) is 0.246. The summed E-state index contributed by atoms with van der Waals surface area (Å²) in [4.78, 5) is 12.3. The minimum atomic E-state index is -4.44. The van der Waals surface area contributed by atoms with Gasteiger partial charge >= 0.3 is 6.18 Å². The van der Waals surface area contributed by atoms with Gasteiger partial charge in [-0.05, 0) is 36.6 Å².